The Balaban J connectivity index is 1.84. The second-order valence-corrected chi connectivity index (χ2v) is 5.19. The fourth-order valence-corrected chi connectivity index (χ4v) is 2.11. The molecule has 0 radical (unpaired) electrons. The normalized spacial score (nSPS) is 10.2. The molecular weight excluding hydrogens is 290 g/mol. The Morgan fingerprint density at radius 2 is 1.61 bits per heavy atom. The van der Waals surface area contributed by atoms with Crippen LogP contribution in [-0.4, -0.2) is 18.3 Å². The van der Waals surface area contributed by atoms with E-state index in [9.17, 15) is 9.59 Å². The maximum atomic E-state index is 11.9. The molecule has 0 atom stereocenters. The molecule has 2 aromatic rings. The van der Waals surface area contributed by atoms with Gasteiger partial charge in [0.2, 0.25) is 0 Å². The number of rotatable bonds is 7. The number of anilines is 1. The molecule has 120 valence electrons. The fraction of sp³-hybridized carbons (Fsp3) is 0.263. The number of Topliss-reactive ketones (excluding diaryl/α,β-unsaturated/α-hetero) is 1. The maximum Gasteiger partial charge on any atom is 0.262 e. The number of amides is 1. The lowest BCUT2D eigenvalue weighted by Crippen LogP contribution is -2.20. The Morgan fingerprint density at radius 1 is 0.957 bits per heavy atom. The predicted octanol–water partition coefficient (Wildman–Crippen LogP) is 3.86. The molecule has 0 fully saturated rings. The van der Waals surface area contributed by atoms with Gasteiger partial charge in [-0.2, -0.15) is 0 Å². The number of hydrogen-bond donors (Lipinski definition) is 1. The molecule has 4 nitrogen and oxygen atoms in total. The lowest BCUT2D eigenvalue weighted by molar-refractivity contribution is -0.118. The van der Waals surface area contributed by atoms with E-state index in [-0.39, 0.29) is 18.3 Å². The van der Waals surface area contributed by atoms with Crippen molar-refractivity contribution >= 4 is 17.4 Å². The van der Waals surface area contributed by atoms with Gasteiger partial charge in [0.1, 0.15) is 5.75 Å². The van der Waals surface area contributed by atoms with Crippen LogP contribution in [0.1, 0.15) is 36.2 Å². The van der Waals surface area contributed by atoms with Gasteiger partial charge in [-0.3, -0.25) is 9.59 Å². The Kier molecular flexibility index (Phi) is 5.92. The summed E-state index contributed by atoms with van der Waals surface area (Å²) in [5.41, 5.74) is 2.63. The van der Waals surface area contributed by atoms with Crippen LogP contribution >= 0.6 is 0 Å². The first-order chi connectivity index (χ1) is 11.1. The van der Waals surface area contributed by atoms with Crippen molar-refractivity contribution in [3.8, 4) is 5.75 Å². The summed E-state index contributed by atoms with van der Waals surface area (Å²) in [5.74, 6) is 0.432. The highest BCUT2D eigenvalue weighted by molar-refractivity contribution is 5.96. The van der Waals surface area contributed by atoms with Gasteiger partial charge in [-0.15, -0.1) is 0 Å². The highest BCUT2D eigenvalue weighted by atomic mass is 16.5. The van der Waals surface area contributed by atoms with Gasteiger partial charge in [0.05, 0.1) is 0 Å². The van der Waals surface area contributed by atoms with E-state index >= 15 is 0 Å². The molecular formula is C19H21NO3. The number of ether oxygens (including phenoxy) is 1. The van der Waals surface area contributed by atoms with Crippen molar-refractivity contribution in [3.05, 3.63) is 59.7 Å². The summed E-state index contributed by atoms with van der Waals surface area (Å²) in [6.45, 7) is 3.83. The smallest absolute Gasteiger partial charge is 0.262 e. The summed E-state index contributed by atoms with van der Waals surface area (Å²) < 4.78 is 5.43. The molecule has 0 aliphatic carbocycles. The highest BCUT2D eigenvalue weighted by Gasteiger charge is 2.06. The van der Waals surface area contributed by atoms with Crippen LogP contribution in [0.15, 0.2) is 48.5 Å². The highest BCUT2D eigenvalue weighted by Crippen LogP contribution is 2.14. The molecule has 0 heterocycles. The van der Waals surface area contributed by atoms with Crippen molar-refractivity contribution in [1.29, 1.82) is 0 Å². The fourth-order valence-electron chi connectivity index (χ4n) is 2.11. The van der Waals surface area contributed by atoms with Crippen molar-refractivity contribution in [3.63, 3.8) is 0 Å². The van der Waals surface area contributed by atoms with Crippen molar-refractivity contribution in [2.75, 3.05) is 11.9 Å². The zero-order chi connectivity index (χ0) is 16.7. The summed E-state index contributed by atoms with van der Waals surface area (Å²) in [6, 6.07) is 14.5. The van der Waals surface area contributed by atoms with Crippen LogP contribution in [0, 0.1) is 0 Å². The lowest BCUT2D eigenvalue weighted by Gasteiger charge is -2.08. The van der Waals surface area contributed by atoms with Gasteiger partial charge in [-0.1, -0.05) is 26.0 Å². The van der Waals surface area contributed by atoms with Gasteiger partial charge in [-0.05, 0) is 48.4 Å². The van der Waals surface area contributed by atoms with E-state index in [4.69, 9.17) is 4.74 Å². The van der Waals surface area contributed by atoms with E-state index in [1.807, 2.05) is 31.2 Å². The van der Waals surface area contributed by atoms with E-state index in [0.29, 0.717) is 17.7 Å². The minimum atomic E-state index is -0.219. The molecule has 0 bridgehead atoms. The number of aryl methyl sites for hydroxylation is 1. The van der Waals surface area contributed by atoms with Gasteiger partial charge >= 0.3 is 0 Å². The maximum absolute atomic E-state index is 11.9. The average Bonchev–Trinajstić information content (AvgIpc) is 2.60. The van der Waals surface area contributed by atoms with Crippen LogP contribution in [0.2, 0.25) is 0 Å². The number of carbonyl (C=O) groups is 2. The number of nitrogens with one attached hydrogen (secondary N) is 1. The first kappa shape index (κ1) is 16.7. The third kappa shape index (κ3) is 4.95. The number of hydrogen-bond acceptors (Lipinski definition) is 3. The average molecular weight is 311 g/mol. The molecule has 1 N–H and O–H groups in total. The molecule has 4 heteroatoms. The Morgan fingerprint density at radius 3 is 2.17 bits per heavy atom. The third-order valence-corrected chi connectivity index (χ3v) is 3.51. The van der Waals surface area contributed by atoms with Gasteiger partial charge in [0.25, 0.3) is 5.91 Å². The molecule has 0 unspecified atom stereocenters. The van der Waals surface area contributed by atoms with Crippen molar-refractivity contribution in [1.82, 2.24) is 0 Å². The van der Waals surface area contributed by atoms with Gasteiger partial charge in [0, 0.05) is 17.7 Å². The number of carbonyl (C=O) groups excluding carboxylic acids is 2. The molecule has 0 aliphatic heterocycles. The lowest BCUT2D eigenvalue weighted by atomic mass is 10.1. The molecule has 0 spiro atoms. The molecule has 2 rings (SSSR count). The number of ketones is 1. The Bertz CT molecular complexity index is 660. The van der Waals surface area contributed by atoms with Gasteiger partial charge in [0.15, 0.2) is 12.4 Å². The van der Waals surface area contributed by atoms with E-state index in [0.717, 1.165) is 12.1 Å². The van der Waals surface area contributed by atoms with Gasteiger partial charge in [-0.25, -0.2) is 0 Å². The summed E-state index contributed by atoms with van der Waals surface area (Å²) in [4.78, 5) is 23.4. The minimum Gasteiger partial charge on any atom is -0.484 e. The summed E-state index contributed by atoms with van der Waals surface area (Å²) in [7, 11) is 0. The van der Waals surface area contributed by atoms with Crippen LogP contribution in [0.3, 0.4) is 0 Å². The first-order valence-corrected chi connectivity index (χ1v) is 7.77. The standard InChI is InChI=1S/C19H21NO3/c1-3-14-5-9-16(10-6-14)20-19(22)13-23-17-11-7-15(8-12-17)18(21)4-2/h5-12H,3-4,13H2,1-2H3,(H,20,22). The third-order valence-electron chi connectivity index (χ3n) is 3.51. The molecule has 23 heavy (non-hydrogen) atoms. The first-order valence-electron chi connectivity index (χ1n) is 7.77. The van der Waals surface area contributed by atoms with Gasteiger partial charge < -0.3 is 10.1 Å². The van der Waals surface area contributed by atoms with Crippen LogP contribution in [0.5, 0.6) is 5.75 Å². The molecule has 0 saturated heterocycles. The number of benzene rings is 2. The minimum absolute atomic E-state index is 0.0728. The monoisotopic (exact) mass is 311 g/mol. The van der Waals surface area contributed by atoms with Crippen molar-refractivity contribution in [2.45, 2.75) is 26.7 Å². The van der Waals surface area contributed by atoms with Crippen molar-refractivity contribution in [2.24, 2.45) is 0 Å². The molecule has 1 amide bonds. The van der Waals surface area contributed by atoms with Crippen LogP contribution in [-0.2, 0) is 11.2 Å². The van der Waals surface area contributed by atoms with Crippen LogP contribution < -0.4 is 10.1 Å². The Labute approximate surface area is 136 Å². The summed E-state index contributed by atoms with van der Waals surface area (Å²) in [6.07, 6.45) is 1.44. The Hall–Kier alpha value is -2.62. The van der Waals surface area contributed by atoms with E-state index < -0.39 is 0 Å². The molecule has 0 saturated carbocycles. The van der Waals surface area contributed by atoms with Crippen LogP contribution in [0.25, 0.3) is 0 Å². The van der Waals surface area contributed by atoms with Crippen LogP contribution in [0.4, 0.5) is 5.69 Å². The van der Waals surface area contributed by atoms with E-state index in [1.165, 1.54) is 5.56 Å². The molecule has 2 aromatic carbocycles. The topological polar surface area (TPSA) is 55.4 Å². The van der Waals surface area contributed by atoms with E-state index in [1.54, 1.807) is 24.3 Å². The predicted molar refractivity (Wildman–Crippen MR) is 91.0 cm³/mol. The zero-order valence-corrected chi connectivity index (χ0v) is 13.5. The van der Waals surface area contributed by atoms with Crippen molar-refractivity contribution < 1.29 is 14.3 Å². The molecule has 0 aromatic heterocycles. The molecule has 0 aliphatic rings. The summed E-state index contributed by atoms with van der Waals surface area (Å²) in [5, 5.41) is 2.78. The second kappa shape index (κ2) is 8.13. The SMILES string of the molecule is CCC(=O)c1ccc(OCC(=O)Nc2ccc(CC)cc2)cc1. The largest absolute Gasteiger partial charge is 0.484 e. The second-order valence-electron chi connectivity index (χ2n) is 5.19. The van der Waals surface area contributed by atoms with E-state index in [2.05, 4.69) is 12.2 Å². The quantitative estimate of drug-likeness (QED) is 0.790. The zero-order valence-electron chi connectivity index (χ0n) is 13.5. The summed E-state index contributed by atoms with van der Waals surface area (Å²) >= 11 is 0.